The first-order chi connectivity index (χ1) is 11.4. The van der Waals surface area contributed by atoms with Gasteiger partial charge in [-0.15, -0.1) is 0 Å². The van der Waals surface area contributed by atoms with E-state index in [1.54, 1.807) is 0 Å². The van der Waals surface area contributed by atoms with Crippen LogP contribution in [0, 0.1) is 23.7 Å². The normalized spacial score (nSPS) is 53.3. The molecule has 6 nitrogen and oxygen atoms in total. The van der Waals surface area contributed by atoms with Gasteiger partial charge in [0.15, 0.2) is 11.9 Å². The molecule has 0 radical (unpaired) electrons. The van der Waals surface area contributed by atoms with Crippen molar-refractivity contribution in [2.24, 2.45) is 23.7 Å². The Kier molecular flexibility index (Phi) is 3.95. The van der Waals surface area contributed by atoms with Gasteiger partial charge in [0.25, 0.3) is 0 Å². The van der Waals surface area contributed by atoms with E-state index in [4.69, 9.17) is 24.4 Å². The van der Waals surface area contributed by atoms with Crippen LogP contribution >= 0.6 is 0 Å². The smallest absolute Gasteiger partial charge is 0.303 e. The van der Waals surface area contributed by atoms with Gasteiger partial charge in [0.05, 0.1) is 6.10 Å². The Morgan fingerprint density at radius 2 is 1.96 bits per heavy atom. The summed E-state index contributed by atoms with van der Waals surface area (Å²) in [5.74, 6) is -0.147. The molecule has 2 bridgehead atoms. The van der Waals surface area contributed by atoms with Crippen LogP contribution in [0.15, 0.2) is 0 Å². The van der Waals surface area contributed by atoms with Crippen molar-refractivity contribution in [2.75, 3.05) is 0 Å². The first-order valence-corrected chi connectivity index (χ1v) is 9.27. The number of hydrogen-bond donors (Lipinski definition) is 1. The van der Waals surface area contributed by atoms with E-state index in [0.29, 0.717) is 18.3 Å². The zero-order chi connectivity index (χ0) is 17.1. The van der Waals surface area contributed by atoms with Crippen LogP contribution in [-0.2, 0) is 24.0 Å². The van der Waals surface area contributed by atoms with Crippen LogP contribution in [0.2, 0.25) is 0 Å². The molecule has 0 aromatic rings. The predicted octanol–water partition coefficient (Wildman–Crippen LogP) is 3.10. The summed E-state index contributed by atoms with van der Waals surface area (Å²) in [5, 5.41) is 9.03. The van der Waals surface area contributed by atoms with Gasteiger partial charge in [-0.1, -0.05) is 13.8 Å². The fourth-order valence-corrected chi connectivity index (χ4v) is 5.57. The van der Waals surface area contributed by atoms with Crippen molar-refractivity contribution in [1.29, 1.82) is 0 Å². The molecule has 1 aliphatic carbocycles. The van der Waals surface area contributed by atoms with Crippen molar-refractivity contribution < 1.29 is 29.1 Å². The lowest BCUT2D eigenvalue weighted by molar-refractivity contribution is -0.571. The maximum absolute atomic E-state index is 11.0. The molecule has 1 saturated carbocycles. The molecule has 5 aliphatic rings. The zero-order valence-electron chi connectivity index (χ0n) is 14.7. The fourth-order valence-electron chi connectivity index (χ4n) is 5.57. The molecule has 4 aliphatic heterocycles. The molecule has 136 valence electrons. The predicted molar refractivity (Wildman–Crippen MR) is 83.7 cm³/mol. The lowest BCUT2D eigenvalue weighted by Gasteiger charge is -2.60. The van der Waals surface area contributed by atoms with Gasteiger partial charge in [0.2, 0.25) is 5.79 Å². The topological polar surface area (TPSA) is 74.2 Å². The Hall–Kier alpha value is -0.690. The summed E-state index contributed by atoms with van der Waals surface area (Å²) >= 11 is 0. The van der Waals surface area contributed by atoms with Gasteiger partial charge >= 0.3 is 5.97 Å². The fraction of sp³-hybridized carbons (Fsp3) is 0.944. The molecule has 0 aromatic heterocycles. The van der Waals surface area contributed by atoms with Crippen LogP contribution in [0.1, 0.15) is 59.3 Å². The number of hydrogen-bond acceptors (Lipinski definition) is 5. The second-order valence-electron chi connectivity index (χ2n) is 8.38. The maximum Gasteiger partial charge on any atom is 0.303 e. The van der Waals surface area contributed by atoms with E-state index in [9.17, 15) is 4.79 Å². The quantitative estimate of drug-likeness (QED) is 0.796. The third-order valence-electron chi connectivity index (χ3n) is 6.94. The molecule has 0 aromatic carbocycles. The number of carboxylic acid groups (broad SMARTS) is 1. The van der Waals surface area contributed by atoms with Crippen LogP contribution in [-0.4, -0.2) is 34.9 Å². The summed E-state index contributed by atoms with van der Waals surface area (Å²) in [6, 6.07) is 0. The Labute approximate surface area is 142 Å². The Morgan fingerprint density at radius 3 is 2.71 bits per heavy atom. The van der Waals surface area contributed by atoms with Gasteiger partial charge in [-0.25, -0.2) is 9.78 Å². The lowest BCUT2D eigenvalue weighted by Crippen LogP contribution is -2.70. The van der Waals surface area contributed by atoms with E-state index >= 15 is 0 Å². The molecule has 0 unspecified atom stereocenters. The number of ether oxygens (including phenoxy) is 2. The van der Waals surface area contributed by atoms with Crippen molar-refractivity contribution in [3.63, 3.8) is 0 Å². The monoisotopic (exact) mass is 340 g/mol. The minimum atomic E-state index is -0.781. The molecule has 5 fully saturated rings. The number of aliphatic carboxylic acids is 1. The van der Waals surface area contributed by atoms with Gasteiger partial charge in [-0.3, -0.25) is 4.79 Å². The van der Waals surface area contributed by atoms with Gasteiger partial charge in [0, 0.05) is 18.8 Å². The summed E-state index contributed by atoms with van der Waals surface area (Å²) < 4.78 is 12.6. The van der Waals surface area contributed by atoms with E-state index in [0.717, 1.165) is 19.3 Å². The average molecular weight is 340 g/mol. The molecule has 1 spiro atoms. The molecular weight excluding hydrogens is 312 g/mol. The molecule has 24 heavy (non-hydrogen) atoms. The first-order valence-electron chi connectivity index (χ1n) is 9.27. The Balaban J connectivity index is 1.68. The summed E-state index contributed by atoms with van der Waals surface area (Å²) in [5.41, 5.74) is -0.549. The number of carboxylic acids is 1. The molecule has 0 amide bonds. The van der Waals surface area contributed by atoms with E-state index in [1.807, 2.05) is 6.92 Å². The van der Waals surface area contributed by atoms with Crippen LogP contribution in [0.4, 0.5) is 0 Å². The van der Waals surface area contributed by atoms with Crippen molar-refractivity contribution in [2.45, 2.75) is 83.1 Å². The highest BCUT2D eigenvalue weighted by Crippen LogP contribution is 2.60. The Bertz CT molecular complexity index is 524. The average Bonchev–Trinajstić information content (AvgIpc) is 2.76. The van der Waals surface area contributed by atoms with E-state index in [1.165, 1.54) is 6.42 Å². The summed E-state index contributed by atoms with van der Waals surface area (Å²) in [4.78, 5) is 22.8. The highest BCUT2D eigenvalue weighted by molar-refractivity contribution is 5.66. The summed E-state index contributed by atoms with van der Waals surface area (Å²) in [6.45, 7) is 6.36. The minimum Gasteiger partial charge on any atom is -0.481 e. The lowest BCUT2D eigenvalue weighted by atomic mass is 9.57. The van der Waals surface area contributed by atoms with Gasteiger partial charge < -0.3 is 14.6 Å². The highest BCUT2D eigenvalue weighted by atomic mass is 17.3. The number of rotatable bonds is 3. The molecule has 6 heteroatoms. The summed E-state index contributed by atoms with van der Waals surface area (Å²) in [7, 11) is 0. The van der Waals surface area contributed by atoms with Crippen molar-refractivity contribution in [3.8, 4) is 0 Å². The molecule has 5 rings (SSSR count). The highest BCUT2D eigenvalue weighted by Gasteiger charge is 2.69. The summed E-state index contributed by atoms with van der Waals surface area (Å²) in [6.07, 6.45) is 4.08. The first kappa shape index (κ1) is 16.8. The zero-order valence-corrected chi connectivity index (χ0v) is 14.7. The van der Waals surface area contributed by atoms with Gasteiger partial charge in [-0.2, -0.15) is 0 Å². The van der Waals surface area contributed by atoms with E-state index in [2.05, 4.69) is 13.8 Å². The second-order valence-corrected chi connectivity index (χ2v) is 8.38. The molecule has 1 N–H and O–H groups in total. The van der Waals surface area contributed by atoms with Crippen LogP contribution < -0.4 is 0 Å². The van der Waals surface area contributed by atoms with Crippen molar-refractivity contribution in [1.82, 2.24) is 0 Å². The van der Waals surface area contributed by atoms with E-state index in [-0.39, 0.29) is 24.4 Å². The molecule has 4 saturated heterocycles. The second kappa shape index (κ2) is 5.66. The molecule has 4 heterocycles. The number of carbonyl (C=O) groups is 1. The third kappa shape index (κ3) is 2.34. The maximum atomic E-state index is 11.0. The van der Waals surface area contributed by atoms with Gasteiger partial charge in [-0.05, 0) is 50.4 Å². The van der Waals surface area contributed by atoms with E-state index < -0.39 is 23.6 Å². The van der Waals surface area contributed by atoms with Crippen LogP contribution in [0.3, 0.4) is 0 Å². The van der Waals surface area contributed by atoms with Crippen molar-refractivity contribution >= 4 is 5.97 Å². The Morgan fingerprint density at radius 1 is 1.17 bits per heavy atom. The van der Waals surface area contributed by atoms with Crippen LogP contribution in [0.5, 0.6) is 0 Å². The largest absolute Gasteiger partial charge is 0.481 e. The number of fused-ring (bicyclic) bond motifs is 2. The SMILES string of the molecule is C[C@H]1[C@@H](CCC(=O)O)O[C@@H]2O[C@]3(C)CC[C@H]4[C@H](C)CC[C@@H]1[C@@]24OO3. The third-order valence-corrected chi connectivity index (χ3v) is 6.94. The molecule has 8 atom stereocenters. The van der Waals surface area contributed by atoms with Crippen LogP contribution in [0.25, 0.3) is 0 Å². The standard InChI is InChI=1S/C18H28O6/c1-10-4-5-13-11(2)14(6-7-15(19)20)21-16-18(13)12(10)8-9-17(3,22-16)23-24-18/h10-14,16H,4-9H2,1-3H3,(H,19,20)/t10-,11-,12+,13+,14-,16-,17+,18-/m1/s1. The molecular formula is C18H28O6. The van der Waals surface area contributed by atoms with Crippen molar-refractivity contribution in [3.05, 3.63) is 0 Å². The van der Waals surface area contributed by atoms with Gasteiger partial charge in [0.1, 0.15) is 0 Å². The minimum absolute atomic E-state index is 0.109.